The van der Waals surface area contributed by atoms with E-state index >= 15 is 0 Å². The van der Waals surface area contributed by atoms with Gasteiger partial charge in [0.2, 0.25) is 0 Å². The van der Waals surface area contributed by atoms with Gasteiger partial charge in [-0.3, -0.25) is 0 Å². The van der Waals surface area contributed by atoms with E-state index < -0.39 is 0 Å². The van der Waals surface area contributed by atoms with Crippen molar-refractivity contribution < 1.29 is 9.53 Å². The van der Waals surface area contributed by atoms with Crippen LogP contribution in [0.4, 0.5) is 5.82 Å². The Morgan fingerprint density at radius 3 is 3.06 bits per heavy atom. The normalized spacial score (nSPS) is 19.9. The van der Waals surface area contributed by atoms with Crippen molar-refractivity contribution in [2.45, 2.75) is 18.9 Å². The highest BCUT2D eigenvalue weighted by atomic mass is 79.9. The highest BCUT2D eigenvalue weighted by Gasteiger charge is 2.32. The second-order valence-corrected chi connectivity index (χ2v) is 4.62. The third-order valence-corrected chi connectivity index (χ3v) is 3.20. The van der Waals surface area contributed by atoms with E-state index in [-0.39, 0.29) is 12.0 Å². The van der Waals surface area contributed by atoms with E-state index in [0.717, 1.165) is 29.7 Å². The Labute approximate surface area is 103 Å². The summed E-state index contributed by atoms with van der Waals surface area (Å²) in [4.78, 5) is 17.9. The van der Waals surface area contributed by atoms with Gasteiger partial charge in [0.1, 0.15) is 11.9 Å². The molecule has 2 rings (SSSR count). The number of methoxy groups -OCH3 is 1. The van der Waals surface area contributed by atoms with Gasteiger partial charge in [-0.15, -0.1) is 0 Å². The minimum atomic E-state index is -0.182. The lowest BCUT2D eigenvalue weighted by molar-refractivity contribution is -0.141. The van der Waals surface area contributed by atoms with Gasteiger partial charge in [-0.05, 0) is 40.9 Å². The van der Waals surface area contributed by atoms with Crippen molar-refractivity contribution in [1.29, 1.82) is 0 Å². The Balaban J connectivity index is 2.19. The van der Waals surface area contributed by atoms with E-state index in [1.165, 1.54) is 7.11 Å². The standard InChI is InChI=1S/C11H13BrN2O2/c1-16-11(15)9-3-2-6-14(9)10-5-4-8(12)7-13-10/h4-5,7,9H,2-3,6H2,1H3. The molecule has 0 aliphatic carbocycles. The smallest absolute Gasteiger partial charge is 0.328 e. The summed E-state index contributed by atoms with van der Waals surface area (Å²) in [6, 6.07) is 3.65. The summed E-state index contributed by atoms with van der Waals surface area (Å²) in [5.74, 6) is 0.651. The molecule has 1 aliphatic rings. The third-order valence-electron chi connectivity index (χ3n) is 2.73. The molecule has 16 heavy (non-hydrogen) atoms. The van der Waals surface area contributed by atoms with Crippen molar-refractivity contribution in [3.05, 3.63) is 22.8 Å². The average molecular weight is 285 g/mol. The fourth-order valence-corrected chi connectivity index (χ4v) is 2.19. The largest absolute Gasteiger partial charge is 0.467 e. The van der Waals surface area contributed by atoms with Crippen LogP contribution in [0.5, 0.6) is 0 Å². The molecule has 0 radical (unpaired) electrons. The molecule has 5 heteroatoms. The number of anilines is 1. The van der Waals surface area contributed by atoms with Crippen LogP contribution in [0.25, 0.3) is 0 Å². The number of hydrogen-bond acceptors (Lipinski definition) is 4. The predicted octanol–water partition coefficient (Wildman–Crippen LogP) is 1.99. The lowest BCUT2D eigenvalue weighted by atomic mass is 10.2. The first-order chi connectivity index (χ1) is 7.72. The lowest BCUT2D eigenvalue weighted by Gasteiger charge is -2.23. The number of ether oxygens (including phenoxy) is 1. The number of esters is 1. The molecule has 0 bridgehead atoms. The first kappa shape index (κ1) is 11.4. The van der Waals surface area contributed by atoms with Gasteiger partial charge in [0.05, 0.1) is 7.11 Å². The van der Waals surface area contributed by atoms with Crippen molar-refractivity contribution in [2.75, 3.05) is 18.6 Å². The predicted molar refractivity (Wildman–Crippen MR) is 64.3 cm³/mol. The highest BCUT2D eigenvalue weighted by Crippen LogP contribution is 2.25. The minimum absolute atomic E-state index is 0.179. The van der Waals surface area contributed by atoms with E-state index in [0.29, 0.717) is 0 Å². The molecule has 1 saturated heterocycles. The SMILES string of the molecule is COC(=O)C1CCCN1c1ccc(Br)cn1. The third kappa shape index (κ3) is 2.19. The van der Waals surface area contributed by atoms with Gasteiger partial charge < -0.3 is 9.64 Å². The van der Waals surface area contributed by atoms with Crippen LogP contribution in [-0.4, -0.2) is 30.6 Å². The molecule has 1 aromatic heterocycles. The highest BCUT2D eigenvalue weighted by molar-refractivity contribution is 9.10. The average Bonchev–Trinajstić information content (AvgIpc) is 2.78. The van der Waals surface area contributed by atoms with Gasteiger partial charge >= 0.3 is 5.97 Å². The molecule has 0 aromatic carbocycles. The van der Waals surface area contributed by atoms with Crippen molar-refractivity contribution in [1.82, 2.24) is 4.98 Å². The minimum Gasteiger partial charge on any atom is -0.467 e. The summed E-state index contributed by atoms with van der Waals surface area (Å²) in [5, 5.41) is 0. The summed E-state index contributed by atoms with van der Waals surface area (Å²) in [5.41, 5.74) is 0. The molecule has 1 aromatic rings. The maximum absolute atomic E-state index is 11.6. The van der Waals surface area contributed by atoms with Crippen LogP contribution < -0.4 is 4.90 Å². The molecule has 0 amide bonds. The van der Waals surface area contributed by atoms with Gasteiger partial charge in [0, 0.05) is 17.2 Å². The van der Waals surface area contributed by atoms with Crippen molar-refractivity contribution >= 4 is 27.7 Å². The van der Waals surface area contributed by atoms with E-state index in [1.807, 2.05) is 17.0 Å². The van der Waals surface area contributed by atoms with Crippen LogP contribution in [-0.2, 0) is 9.53 Å². The number of hydrogen-bond donors (Lipinski definition) is 0. The summed E-state index contributed by atoms with van der Waals surface area (Å²) in [7, 11) is 1.42. The summed E-state index contributed by atoms with van der Waals surface area (Å²) < 4.78 is 5.73. The van der Waals surface area contributed by atoms with Gasteiger partial charge in [-0.25, -0.2) is 9.78 Å². The van der Waals surface area contributed by atoms with Gasteiger partial charge in [0.25, 0.3) is 0 Å². The first-order valence-electron chi connectivity index (χ1n) is 5.18. The summed E-state index contributed by atoms with van der Waals surface area (Å²) in [6.45, 7) is 0.856. The van der Waals surface area contributed by atoms with Crippen LogP contribution in [0.3, 0.4) is 0 Å². The molecule has 2 heterocycles. The fraction of sp³-hybridized carbons (Fsp3) is 0.455. The summed E-state index contributed by atoms with van der Waals surface area (Å²) >= 11 is 3.34. The van der Waals surface area contributed by atoms with Crippen LogP contribution in [0.2, 0.25) is 0 Å². The topological polar surface area (TPSA) is 42.4 Å². The zero-order valence-electron chi connectivity index (χ0n) is 9.02. The quantitative estimate of drug-likeness (QED) is 0.779. The van der Waals surface area contributed by atoms with Crippen LogP contribution in [0, 0.1) is 0 Å². The Bertz CT molecular complexity index is 380. The van der Waals surface area contributed by atoms with Crippen LogP contribution in [0.1, 0.15) is 12.8 Å². The zero-order chi connectivity index (χ0) is 11.5. The van der Waals surface area contributed by atoms with Crippen LogP contribution in [0.15, 0.2) is 22.8 Å². The van der Waals surface area contributed by atoms with Crippen molar-refractivity contribution in [3.8, 4) is 0 Å². The number of carbonyl (C=O) groups excluding carboxylic acids is 1. The van der Waals surface area contributed by atoms with Gasteiger partial charge in [-0.2, -0.15) is 0 Å². The molecule has 1 aliphatic heterocycles. The van der Waals surface area contributed by atoms with Gasteiger partial charge in [0.15, 0.2) is 0 Å². The second-order valence-electron chi connectivity index (χ2n) is 3.71. The number of rotatable bonds is 2. The first-order valence-corrected chi connectivity index (χ1v) is 5.97. The van der Waals surface area contributed by atoms with Gasteiger partial charge in [-0.1, -0.05) is 0 Å². The van der Waals surface area contributed by atoms with Crippen molar-refractivity contribution in [3.63, 3.8) is 0 Å². The number of pyridine rings is 1. The molecule has 0 saturated carbocycles. The number of carbonyl (C=O) groups is 1. The van der Waals surface area contributed by atoms with E-state index in [9.17, 15) is 4.79 Å². The van der Waals surface area contributed by atoms with E-state index in [1.54, 1.807) is 6.20 Å². The second kappa shape index (κ2) is 4.82. The lowest BCUT2D eigenvalue weighted by Crippen LogP contribution is -2.37. The molecule has 1 unspecified atom stereocenters. The maximum atomic E-state index is 11.6. The van der Waals surface area contributed by atoms with Crippen LogP contribution >= 0.6 is 15.9 Å². The molecule has 0 spiro atoms. The molecule has 86 valence electrons. The Morgan fingerprint density at radius 1 is 1.62 bits per heavy atom. The van der Waals surface area contributed by atoms with E-state index in [2.05, 4.69) is 20.9 Å². The summed E-state index contributed by atoms with van der Waals surface area (Å²) in [6.07, 6.45) is 3.57. The number of halogens is 1. The molecule has 1 atom stereocenters. The van der Waals surface area contributed by atoms with Crippen molar-refractivity contribution in [2.24, 2.45) is 0 Å². The molecule has 4 nitrogen and oxygen atoms in total. The molecule has 1 fully saturated rings. The molecular weight excluding hydrogens is 272 g/mol. The zero-order valence-corrected chi connectivity index (χ0v) is 10.6. The Hall–Kier alpha value is -1.10. The maximum Gasteiger partial charge on any atom is 0.328 e. The molecular formula is C11H13BrN2O2. The Morgan fingerprint density at radius 2 is 2.44 bits per heavy atom. The molecule has 0 N–H and O–H groups in total. The number of aromatic nitrogens is 1. The fourth-order valence-electron chi connectivity index (χ4n) is 1.96. The monoisotopic (exact) mass is 284 g/mol. The number of nitrogens with zero attached hydrogens (tertiary/aromatic N) is 2. The van der Waals surface area contributed by atoms with E-state index in [4.69, 9.17) is 4.74 Å². The Kier molecular flexibility index (Phi) is 3.43.